The van der Waals surface area contributed by atoms with Crippen LogP contribution in [0.3, 0.4) is 0 Å². The monoisotopic (exact) mass is 294 g/mol. The van der Waals surface area contributed by atoms with Gasteiger partial charge in [-0.3, -0.25) is 10.1 Å². The number of rotatable bonds is 4. The van der Waals surface area contributed by atoms with Crippen LogP contribution in [0.4, 0.5) is 0 Å². The zero-order valence-electron chi connectivity index (χ0n) is 12.2. The van der Waals surface area contributed by atoms with E-state index in [0.29, 0.717) is 0 Å². The number of carbonyl (C=O) groups excluding carboxylic acids is 1. The fourth-order valence-corrected chi connectivity index (χ4v) is 2.91. The second-order valence-corrected chi connectivity index (χ2v) is 5.99. The van der Waals surface area contributed by atoms with Crippen molar-refractivity contribution in [2.24, 2.45) is 0 Å². The standard InChI is InChI=1S/C16H23ClN2O/c1-12(14-7-6-8-15(17)11-14)18-13(2)16(20)19-9-4-3-5-10-19/h6-8,11-13,18H,3-5,9-10H2,1-2H3/t12-,13?/m1/s1. The number of amides is 1. The molecular weight excluding hydrogens is 272 g/mol. The summed E-state index contributed by atoms with van der Waals surface area (Å²) >= 11 is 6.01. The highest BCUT2D eigenvalue weighted by atomic mass is 35.5. The SMILES string of the molecule is CC(N[C@H](C)c1cccc(Cl)c1)C(=O)N1CCCCC1. The zero-order valence-corrected chi connectivity index (χ0v) is 13.0. The highest BCUT2D eigenvalue weighted by Crippen LogP contribution is 2.18. The van der Waals surface area contributed by atoms with E-state index in [-0.39, 0.29) is 18.0 Å². The average Bonchev–Trinajstić information content (AvgIpc) is 2.47. The quantitative estimate of drug-likeness (QED) is 0.923. The van der Waals surface area contributed by atoms with E-state index in [4.69, 9.17) is 11.6 Å². The Labute approximate surface area is 126 Å². The maximum atomic E-state index is 12.4. The van der Waals surface area contributed by atoms with Crippen LogP contribution in [0.15, 0.2) is 24.3 Å². The molecule has 1 aliphatic heterocycles. The molecule has 0 aromatic heterocycles. The van der Waals surface area contributed by atoms with E-state index in [1.54, 1.807) is 0 Å². The summed E-state index contributed by atoms with van der Waals surface area (Å²) < 4.78 is 0. The van der Waals surface area contributed by atoms with Crippen molar-refractivity contribution in [3.63, 3.8) is 0 Å². The van der Waals surface area contributed by atoms with Crippen molar-refractivity contribution in [3.8, 4) is 0 Å². The molecule has 1 amide bonds. The molecule has 2 rings (SSSR count). The van der Waals surface area contributed by atoms with Crippen LogP contribution in [0.1, 0.15) is 44.7 Å². The second kappa shape index (κ2) is 7.09. The first-order valence-corrected chi connectivity index (χ1v) is 7.76. The van der Waals surface area contributed by atoms with Gasteiger partial charge in [0.05, 0.1) is 6.04 Å². The summed E-state index contributed by atoms with van der Waals surface area (Å²) in [5.74, 6) is 0.207. The summed E-state index contributed by atoms with van der Waals surface area (Å²) in [7, 11) is 0. The van der Waals surface area contributed by atoms with Gasteiger partial charge < -0.3 is 4.90 Å². The van der Waals surface area contributed by atoms with Crippen molar-refractivity contribution < 1.29 is 4.79 Å². The zero-order chi connectivity index (χ0) is 14.5. The molecule has 1 aromatic rings. The molecule has 0 radical (unpaired) electrons. The molecule has 1 saturated heterocycles. The average molecular weight is 295 g/mol. The molecule has 0 spiro atoms. The minimum atomic E-state index is -0.165. The molecule has 4 heteroatoms. The summed E-state index contributed by atoms with van der Waals surface area (Å²) in [6.45, 7) is 5.80. The van der Waals surface area contributed by atoms with Gasteiger partial charge in [0.2, 0.25) is 5.91 Å². The fourth-order valence-electron chi connectivity index (χ4n) is 2.71. The lowest BCUT2D eigenvalue weighted by Gasteiger charge is -2.30. The molecule has 3 nitrogen and oxygen atoms in total. The molecule has 2 atom stereocenters. The number of halogens is 1. The predicted octanol–water partition coefficient (Wildman–Crippen LogP) is 3.39. The minimum absolute atomic E-state index is 0.109. The van der Waals surface area contributed by atoms with Gasteiger partial charge in [-0.15, -0.1) is 0 Å². The lowest BCUT2D eigenvalue weighted by atomic mass is 10.1. The van der Waals surface area contributed by atoms with Crippen molar-refractivity contribution in [2.75, 3.05) is 13.1 Å². The van der Waals surface area contributed by atoms with Gasteiger partial charge >= 0.3 is 0 Å². The van der Waals surface area contributed by atoms with Gasteiger partial charge in [-0.25, -0.2) is 0 Å². The van der Waals surface area contributed by atoms with Crippen LogP contribution < -0.4 is 5.32 Å². The summed E-state index contributed by atoms with van der Waals surface area (Å²) in [6.07, 6.45) is 3.50. The number of carbonyl (C=O) groups is 1. The second-order valence-electron chi connectivity index (χ2n) is 5.55. The Hall–Kier alpha value is -1.06. The highest BCUT2D eigenvalue weighted by molar-refractivity contribution is 6.30. The van der Waals surface area contributed by atoms with Gasteiger partial charge in [-0.2, -0.15) is 0 Å². The first kappa shape index (κ1) is 15.3. The van der Waals surface area contributed by atoms with Gasteiger partial charge in [0.15, 0.2) is 0 Å². The first-order chi connectivity index (χ1) is 9.58. The maximum absolute atomic E-state index is 12.4. The Morgan fingerprint density at radius 1 is 1.25 bits per heavy atom. The van der Waals surface area contributed by atoms with Crippen molar-refractivity contribution in [3.05, 3.63) is 34.9 Å². The molecule has 110 valence electrons. The summed E-state index contributed by atoms with van der Waals surface area (Å²) in [5, 5.41) is 4.10. The van der Waals surface area contributed by atoms with E-state index in [1.165, 1.54) is 6.42 Å². The van der Waals surface area contributed by atoms with E-state index in [1.807, 2.05) is 36.1 Å². The third kappa shape index (κ3) is 3.97. The minimum Gasteiger partial charge on any atom is -0.341 e. The Kier molecular flexibility index (Phi) is 5.44. The van der Waals surface area contributed by atoms with Crippen LogP contribution in [0.5, 0.6) is 0 Å². The molecular formula is C16H23ClN2O. The molecule has 0 bridgehead atoms. The Morgan fingerprint density at radius 3 is 2.60 bits per heavy atom. The topological polar surface area (TPSA) is 32.3 Å². The largest absolute Gasteiger partial charge is 0.341 e. The Balaban J connectivity index is 1.92. The summed E-state index contributed by atoms with van der Waals surface area (Å²) in [4.78, 5) is 14.3. The maximum Gasteiger partial charge on any atom is 0.239 e. The molecule has 1 heterocycles. The van der Waals surface area contributed by atoms with Gasteiger partial charge in [0, 0.05) is 24.2 Å². The molecule has 1 unspecified atom stereocenters. The predicted molar refractivity (Wildman–Crippen MR) is 82.9 cm³/mol. The normalized spacial score (nSPS) is 18.6. The van der Waals surface area contributed by atoms with Gasteiger partial charge in [0.1, 0.15) is 0 Å². The Morgan fingerprint density at radius 2 is 1.95 bits per heavy atom. The molecule has 1 fully saturated rings. The number of likely N-dealkylation sites (tertiary alicyclic amines) is 1. The van der Waals surface area contributed by atoms with E-state index in [0.717, 1.165) is 36.5 Å². The van der Waals surface area contributed by atoms with Crippen LogP contribution >= 0.6 is 11.6 Å². The van der Waals surface area contributed by atoms with Gasteiger partial charge in [0.25, 0.3) is 0 Å². The number of hydrogen-bond acceptors (Lipinski definition) is 2. The number of piperidine rings is 1. The summed E-state index contributed by atoms with van der Waals surface area (Å²) in [6, 6.07) is 7.71. The van der Waals surface area contributed by atoms with Crippen molar-refractivity contribution >= 4 is 17.5 Å². The number of hydrogen-bond donors (Lipinski definition) is 1. The molecule has 0 saturated carbocycles. The molecule has 1 N–H and O–H groups in total. The van der Waals surface area contributed by atoms with Gasteiger partial charge in [-0.1, -0.05) is 23.7 Å². The Bertz CT molecular complexity index is 458. The van der Waals surface area contributed by atoms with E-state index in [9.17, 15) is 4.79 Å². The summed E-state index contributed by atoms with van der Waals surface area (Å²) in [5.41, 5.74) is 1.11. The van der Waals surface area contributed by atoms with Crippen molar-refractivity contribution in [2.45, 2.75) is 45.2 Å². The molecule has 1 aromatic carbocycles. The third-order valence-corrected chi connectivity index (χ3v) is 4.12. The number of benzene rings is 1. The highest BCUT2D eigenvalue weighted by Gasteiger charge is 2.23. The molecule has 0 aliphatic carbocycles. The van der Waals surface area contributed by atoms with Crippen LogP contribution in [0.25, 0.3) is 0 Å². The first-order valence-electron chi connectivity index (χ1n) is 7.38. The van der Waals surface area contributed by atoms with Crippen LogP contribution in [0.2, 0.25) is 5.02 Å². The third-order valence-electron chi connectivity index (χ3n) is 3.89. The van der Waals surface area contributed by atoms with Gasteiger partial charge in [-0.05, 0) is 50.8 Å². The lowest BCUT2D eigenvalue weighted by Crippen LogP contribution is -2.47. The smallest absolute Gasteiger partial charge is 0.239 e. The van der Waals surface area contributed by atoms with E-state index < -0.39 is 0 Å². The molecule has 1 aliphatic rings. The molecule has 20 heavy (non-hydrogen) atoms. The van der Waals surface area contributed by atoms with Crippen molar-refractivity contribution in [1.82, 2.24) is 10.2 Å². The van der Waals surface area contributed by atoms with Crippen LogP contribution in [0, 0.1) is 0 Å². The van der Waals surface area contributed by atoms with Crippen LogP contribution in [-0.2, 0) is 4.79 Å². The fraction of sp³-hybridized carbons (Fsp3) is 0.562. The van der Waals surface area contributed by atoms with Crippen LogP contribution in [-0.4, -0.2) is 29.9 Å². The van der Waals surface area contributed by atoms with Crippen molar-refractivity contribution in [1.29, 1.82) is 0 Å². The lowest BCUT2D eigenvalue weighted by molar-refractivity contribution is -0.134. The number of nitrogens with one attached hydrogen (secondary N) is 1. The van der Waals surface area contributed by atoms with E-state index in [2.05, 4.69) is 12.2 Å². The van der Waals surface area contributed by atoms with E-state index >= 15 is 0 Å². The number of nitrogens with zero attached hydrogens (tertiary/aromatic N) is 1.